The smallest absolute Gasteiger partial charge is 0.261 e. The van der Waals surface area contributed by atoms with E-state index in [1.807, 2.05) is 0 Å². The first-order valence-electron chi connectivity index (χ1n) is 5.88. The van der Waals surface area contributed by atoms with Crippen LogP contribution in [0.15, 0.2) is 0 Å². The summed E-state index contributed by atoms with van der Waals surface area (Å²) in [5.74, 6) is 0. The Hall–Kier alpha value is -0.220. The molecular weight excluding hydrogens is 200 g/mol. The summed E-state index contributed by atoms with van der Waals surface area (Å²) in [6.45, 7) is 0.643. The maximum absolute atomic E-state index is 11.7. The van der Waals surface area contributed by atoms with Gasteiger partial charge in [0.25, 0.3) is 6.43 Å². The van der Waals surface area contributed by atoms with Crippen molar-refractivity contribution in [1.82, 2.24) is 5.32 Å². The van der Waals surface area contributed by atoms with Crippen molar-refractivity contribution in [2.75, 3.05) is 19.8 Å². The molecule has 0 aromatic heterocycles. The lowest BCUT2D eigenvalue weighted by molar-refractivity contribution is 0.0181. The van der Waals surface area contributed by atoms with Crippen molar-refractivity contribution in [1.29, 1.82) is 0 Å². The van der Waals surface area contributed by atoms with Crippen LogP contribution in [0.1, 0.15) is 38.5 Å². The zero-order valence-corrected chi connectivity index (χ0v) is 9.18. The second kappa shape index (κ2) is 7.99. The van der Waals surface area contributed by atoms with E-state index in [0.717, 1.165) is 0 Å². The third kappa shape index (κ3) is 6.79. The number of rotatable bonds is 6. The monoisotopic (exact) mass is 221 g/mol. The molecule has 15 heavy (non-hydrogen) atoms. The Morgan fingerprint density at radius 2 is 1.80 bits per heavy atom. The highest BCUT2D eigenvalue weighted by Gasteiger charge is 2.10. The molecule has 0 aromatic rings. The van der Waals surface area contributed by atoms with Crippen molar-refractivity contribution >= 4 is 0 Å². The zero-order chi connectivity index (χ0) is 10.9. The van der Waals surface area contributed by atoms with Gasteiger partial charge >= 0.3 is 0 Å². The summed E-state index contributed by atoms with van der Waals surface area (Å²) in [7, 11) is 0. The molecule has 0 amide bonds. The predicted octanol–water partition coefficient (Wildman–Crippen LogP) is 2.58. The van der Waals surface area contributed by atoms with E-state index < -0.39 is 13.0 Å². The average Bonchev–Trinajstić information content (AvgIpc) is 2.45. The molecule has 0 radical (unpaired) electrons. The zero-order valence-electron chi connectivity index (χ0n) is 9.18. The van der Waals surface area contributed by atoms with Gasteiger partial charge in [0.1, 0.15) is 6.61 Å². The van der Waals surface area contributed by atoms with E-state index in [0.29, 0.717) is 19.2 Å². The Bertz CT molecular complexity index is 148. The molecule has 0 saturated heterocycles. The van der Waals surface area contributed by atoms with E-state index in [1.165, 1.54) is 38.5 Å². The van der Waals surface area contributed by atoms with Gasteiger partial charge in [0, 0.05) is 12.6 Å². The van der Waals surface area contributed by atoms with Crippen LogP contribution in [0.3, 0.4) is 0 Å². The highest BCUT2D eigenvalue weighted by Crippen LogP contribution is 2.16. The van der Waals surface area contributed by atoms with E-state index in [-0.39, 0.29) is 0 Å². The Morgan fingerprint density at radius 3 is 2.40 bits per heavy atom. The number of alkyl halides is 2. The molecule has 0 bridgehead atoms. The minimum Gasteiger partial charge on any atom is -0.374 e. The second-order valence-electron chi connectivity index (χ2n) is 4.11. The number of hydrogen-bond donors (Lipinski definition) is 1. The highest BCUT2D eigenvalue weighted by atomic mass is 19.3. The molecule has 2 nitrogen and oxygen atoms in total. The quantitative estimate of drug-likeness (QED) is 0.550. The topological polar surface area (TPSA) is 21.3 Å². The Kier molecular flexibility index (Phi) is 6.85. The molecule has 0 atom stereocenters. The van der Waals surface area contributed by atoms with E-state index in [2.05, 4.69) is 5.32 Å². The van der Waals surface area contributed by atoms with E-state index in [1.54, 1.807) is 0 Å². The summed E-state index contributed by atoms with van der Waals surface area (Å²) < 4.78 is 28.3. The lowest BCUT2D eigenvalue weighted by atomic mass is 10.1. The molecule has 1 rings (SSSR count). The van der Waals surface area contributed by atoms with Crippen LogP contribution in [0.25, 0.3) is 0 Å². The third-order valence-corrected chi connectivity index (χ3v) is 2.78. The van der Waals surface area contributed by atoms with Gasteiger partial charge < -0.3 is 10.1 Å². The van der Waals surface area contributed by atoms with E-state index >= 15 is 0 Å². The lowest BCUT2D eigenvalue weighted by Crippen LogP contribution is -2.31. The fourth-order valence-electron chi connectivity index (χ4n) is 1.99. The van der Waals surface area contributed by atoms with Crippen LogP contribution in [-0.4, -0.2) is 32.2 Å². The molecule has 0 spiro atoms. The first-order chi connectivity index (χ1) is 7.29. The van der Waals surface area contributed by atoms with Crippen molar-refractivity contribution in [2.45, 2.75) is 51.0 Å². The molecule has 90 valence electrons. The van der Waals surface area contributed by atoms with Crippen molar-refractivity contribution in [3.8, 4) is 0 Å². The first kappa shape index (κ1) is 12.8. The van der Waals surface area contributed by atoms with Crippen molar-refractivity contribution in [2.24, 2.45) is 0 Å². The summed E-state index contributed by atoms with van der Waals surface area (Å²) in [6, 6.07) is 0.572. The van der Waals surface area contributed by atoms with Crippen molar-refractivity contribution in [3.63, 3.8) is 0 Å². The van der Waals surface area contributed by atoms with Gasteiger partial charge in [-0.2, -0.15) is 0 Å². The Labute approximate surface area is 90.4 Å². The van der Waals surface area contributed by atoms with Crippen LogP contribution in [-0.2, 0) is 4.74 Å². The van der Waals surface area contributed by atoms with E-state index in [9.17, 15) is 8.78 Å². The fourth-order valence-corrected chi connectivity index (χ4v) is 1.99. The van der Waals surface area contributed by atoms with Gasteiger partial charge in [-0.05, 0) is 12.8 Å². The van der Waals surface area contributed by atoms with Gasteiger partial charge in [-0.1, -0.05) is 25.7 Å². The molecule has 1 fully saturated rings. The molecule has 1 aliphatic rings. The third-order valence-electron chi connectivity index (χ3n) is 2.78. The largest absolute Gasteiger partial charge is 0.374 e. The molecule has 4 heteroatoms. The second-order valence-corrected chi connectivity index (χ2v) is 4.11. The number of nitrogens with one attached hydrogen (secondary N) is 1. The average molecular weight is 221 g/mol. The number of ether oxygens (including phenoxy) is 1. The minimum absolute atomic E-state index is 0.390. The maximum atomic E-state index is 11.7. The van der Waals surface area contributed by atoms with Crippen LogP contribution < -0.4 is 5.32 Å². The van der Waals surface area contributed by atoms with Crippen molar-refractivity contribution < 1.29 is 13.5 Å². The molecular formula is C11H21F2NO. The van der Waals surface area contributed by atoms with Gasteiger partial charge in [-0.3, -0.25) is 0 Å². The molecule has 0 aliphatic heterocycles. The summed E-state index contributed by atoms with van der Waals surface area (Å²) in [6.07, 6.45) is 5.33. The molecule has 1 N–H and O–H groups in total. The van der Waals surface area contributed by atoms with Gasteiger partial charge in [0.05, 0.1) is 6.61 Å². The molecule has 1 saturated carbocycles. The summed E-state index contributed by atoms with van der Waals surface area (Å²) in [4.78, 5) is 0. The first-order valence-corrected chi connectivity index (χ1v) is 5.88. The van der Waals surface area contributed by atoms with Crippen LogP contribution in [0.5, 0.6) is 0 Å². The molecule has 0 aromatic carbocycles. The van der Waals surface area contributed by atoms with Gasteiger partial charge in [0.15, 0.2) is 0 Å². The van der Waals surface area contributed by atoms with Gasteiger partial charge in [-0.25, -0.2) is 8.78 Å². The van der Waals surface area contributed by atoms with Crippen LogP contribution in [0.2, 0.25) is 0 Å². The molecule has 0 unspecified atom stereocenters. The Morgan fingerprint density at radius 1 is 1.13 bits per heavy atom. The molecule has 0 heterocycles. The lowest BCUT2D eigenvalue weighted by Gasteiger charge is -2.15. The van der Waals surface area contributed by atoms with Gasteiger partial charge in [-0.15, -0.1) is 0 Å². The van der Waals surface area contributed by atoms with E-state index in [4.69, 9.17) is 4.74 Å². The summed E-state index contributed by atoms with van der Waals surface area (Å²) in [5, 5.41) is 3.37. The predicted molar refractivity (Wildman–Crippen MR) is 56.3 cm³/mol. The van der Waals surface area contributed by atoms with Crippen LogP contribution in [0, 0.1) is 0 Å². The van der Waals surface area contributed by atoms with Crippen molar-refractivity contribution in [3.05, 3.63) is 0 Å². The van der Waals surface area contributed by atoms with Crippen LogP contribution in [0.4, 0.5) is 8.78 Å². The fraction of sp³-hybridized carbons (Fsp3) is 1.00. The highest BCUT2D eigenvalue weighted by molar-refractivity contribution is 4.70. The SMILES string of the molecule is FC(F)COCCNC1CCCCCC1. The van der Waals surface area contributed by atoms with Crippen LogP contribution >= 0.6 is 0 Å². The number of halogens is 2. The normalized spacial score (nSPS) is 19.4. The molecule has 1 aliphatic carbocycles. The Balaban J connectivity index is 1.94. The maximum Gasteiger partial charge on any atom is 0.261 e. The summed E-state index contributed by atoms with van der Waals surface area (Å²) >= 11 is 0. The standard InChI is InChI=1S/C11H21F2NO/c12-11(13)9-15-8-7-14-10-5-3-1-2-4-6-10/h10-11,14H,1-9H2. The summed E-state index contributed by atoms with van der Waals surface area (Å²) in [5.41, 5.74) is 0. The minimum atomic E-state index is -2.34. The van der Waals surface area contributed by atoms with Gasteiger partial charge in [0.2, 0.25) is 0 Å². The number of hydrogen-bond acceptors (Lipinski definition) is 2.